The van der Waals surface area contributed by atoms with E-state index in [1.54, 1.807) is 24.3 Å². The maximum absolute atomic E-state index is 13.1. The normalized spacial score (nSPS) is 11.9. The largest absolute Gasteiger partial charge is 0.491 e. The molecule has 0 aliphatic rings. The minimum absolute atomic E-state index is 0.0135. The number of thiophene rings is 1. The highest BCUT2D eigenvalue weighted by Gasteiger charge is 2.15. The monoisotopic (exact) mass is 481 g/mol. The molecule has 0 spiro atoms. The van der Waals surface area contributed by atoms with E-state index in [-0.39, 0.29) is 18.7 Å². The van der Waals surface area contributed by atoms with E-state index in [2.05, 4.69) is 20.9 Å². The van der Waals surface area contributed by atoms with Crippen LogP contribution in [0.5, 0.6) is 5.75 Å². The molecule has 0 radical (unpaired) electrons. The van der Waals surface area contributed by atoms with Crippen LogP contribution in [0.15, 0.2) is 69.5 Å². The van der Waals surface area contributed by atoms with E-state index in [0.29, 0.717) is 21.5 Å². The van der Waals surface area contributed by atoms with Gasteiger partial charge in [-0.25, -0.2) is 4.98 Å². The number of benzene rings is 2. The second kappa shape index (κ2) is 8.79. The van der Waals surface area contributed by atoms with E-state index in [4.69, 9.17) is 10.00 Å². The van der Waals surface area contributed by atoms with E-state index in [0.717, 1.165) is 15.6 Å². The summed E-state index contributed by atoms with van der Waals surface area (Å²) >= 11 is 4.84. The second-order valence-corrected chi connectivity index (χ2v) is 8.41. The number of fused-ring (bicyclic) bond motifs is 1. The number of ether oxygens (including phenoxy) is 1. The number of halogens is 1. The fourth-order valence-corrected chi connectivity index (χ4v) is 4.21. The molecule has 0 aliphatic carbocycles. The van der Waals surface area contributed by atoms with E-state index in [1.807, 2.05) is 35.7 Å². The number of aliphatic hydroxyl groups is 1. The molecule has 150 valence electrons. The first kappa shape index (κ1) is 20.3. The molecule has 0 unspecified atom stereocenters. The second-order valence-electron chi connectivity index (χ2n) is 6.64. The van der Waals surface area contributed by atoms with Gasteiger partial charge in [0.15, 0.2) is 0 Å². The topological polar surface area (TPSA) is 88.1 Å². The molecule has 0 bridgehead atoms. The standard InChI is InChI=1S/C22H16BrN3O3S/c23-16-5-3-15(4-6-16)19-12-30-21-20(19)22(28)26(13-25-21)10-17(27)11-29-18-7-1-14(9-24)2-8-18/h1-8,12-13,17,27H,10-11H2/t17-/m0/s1. The molecule has 30 heavy (non-hydrogen) atoms. The van der Waals surface area contributed by atoms with Crippen molar-refractivity contribution in [3.63, 3.8) is 0 Å². The lowest BCUT2D eigenvalue weighted by atomic mass is 10.1. The smallest absolute Gasteiger partial charge is 0.262 e. The zero-order valence-electron chi connectivity index (χ0n) is 15.7. The predicted octanol–water partition coefficient (Wildman–Crippen LogP) is 4.20. The average molecular weight is 482 g/mol. The molecule has 4 rings (SSSR count). The maximum atomic E-state index is 13.1. The van der Waals surface area contributed by atoms with Crippen LogP contribution in [0.3, 0.4) is 0 Å². The molecule has 1 atom stereocenters. The number of hydrogen-bond acceptors (Lipinski definition) is 6. The molecule has 8 heteroatoms. The van der Waals surface area contributed by atoms with Crippen LogP contribution in [0, 0.1) is 11.3 Å². The molecule has 2 aromatic carbocycles. The SMILES string of the molecule is N#Cc1ccc(OC[C@@H](O)Cn2cnc3scc(-c4ccc(Br)cc4)c3c2=O)cc1. The van der Waals surface area contributed by atoms with E-state index < -0.39 is 6.10 Å². The Kier molecular flexibility index (Phi) is 5.95. The predicted molar refractivity (Wildman–Crippen MR) is 120 cm³/mol. The molecule has 0 saturated carbocycles. The lowest BCUT2D eigenvalue weighted by Crippen LogP contribution is -2.30. The Morgan fingerprint density at radius 1 is 1.20 bits per heavy atom. The summed E-state index contributed by atoms with van der Waals surface area (Å²) in [5.41, 5.74) is 2.10. The average Bonchev–Trinajstić information content (AvgIpc) is 3.20. The molecule has 2 aromatic heterocycles. The third kappa shape index (κ3) is 4.28. The van der Waals surface area contributed by atoms with Crippen molar-refractivity contribution in [1.29, 1.82) is 5.26 Å². The quantitative estimate of drug-likeness (QED) is 0.445. The highest BCUT2D eigenvalue weighted by molar-refractivity contribution is 9.10. The van der Waals surface area contributed by atoms with Gasteiger partial charge in [0.1, 0.15) is 23.3 Å². The van der Waals surface area contributed by atoms with E-state index in [9.17, 15) is 9.90 Å². The van der Waals surface area contributed by atoms with Crippen LogP contribution in [0.4, 0.5) is 0 Å². The summed E-state index contributed by atoms with van der Waals surface area (Å²) in [6.45, 7) is 0.0766. The first-order chi connectivity index (χ1) is 14.5. The van der Waals surface area contributed by atoms with Crippen LogP contribution in [0.1, 0.15) is 5.56 Å². The van der Waals surface area contributed by atoms with Gasteiger partial charge in [-0.15, -0.1) is 11.3 Å². The van der Waals surface area contributed by atoms with E-state index >= 15 is 0 Å². The van der Waals surface area contributed by atoms with Crippen molar-refractivity contribution in [2.45, 2.75) is 12.6 Å². The number of aliphatic hydroxyl groups excluding tert-OH is 1. The third-order valence-electron chi connectivity index (χ3n) is 4.55. The first-order valence-electron chi connectivity index (χ1n) is 9.09. The van der Waals surface area contributed by atoms with Crippen molar-refractivity contribution in [2.75, 3.05) is 6.61 Å². The zero-order chi connectivity index (χ0) is 21.1. The van der Waals surface area contributed by atoms with Crippen molar-refractivity contribution >= 4 is 37.5 Å². The highest BCUT2D eigenvalue weighted by Crippen LogP contribution is 2.31. The van der Waals surface area contributed by atoms with Crippen molar-refractivity contribution < 1.29 is 9.84 Å². The maximum Gasteiger partial charge on any atom is 0.262 e. The van der Waals surface area contributed by atoms with Gasteiger partial charge in [0.25, 0.3) is 5.56 Å². The van der Waals surface area contributed by atoms with Crippen molar-refractivity contribution in [3.05, 3.63) is 80.6 Å². The Balaban J connectivity index is 1.53. The van der Waals surface area contributed by atoms with Gasteiger partial charge in [0, 0.05) is 15.4 Å². The fourth-order valence-electron chi connectivity index (χ4n) is 3.04. The van der Waals surface area contributed by atoms with Gasteiger partial charge in [-0.2, -0.15) is 5.26 Å². The highest BCUT2D eigenvalue weighted by atomic mass is 79.9. The Morgan fingerprint density at radius 3 is 2.63 bits per heavy atom. The molecule has 1 N–H and O–H groups in total. The Morgan fingerprint density at radius 2 is 1.93 bits per heavy atom. The van der Waals surface area contributed by atoms with Crippen molar-refractivity contribution in [3.8, 4) is 22.9 Å². The summed E-state index contributed by atoms with van der Waals surface area (Å²) in [5.74, 6) is 0.546. The van der Waals surface area contributed by atoms with Gasteiger partial charge >= 0.3 is 0 Å². The number of nitriles is 1. The Labute approximate surface area is 184 Å². The molecule has 0 aliphatic heterocycles. The van der Waals surface area contributed by atoms with Gasteiger partial charge in [-0.05, 0) is 42.0 Å². The molecule has 4 aromatic rings. The van der Waals surface area contributed by atoms with Gasteiger partial charge in [0.05, 0.1) is 29.9 Å². The number of aromatic nitrogens is 2. The summed E-state index contributed by atoms with van der Waals surface area (Å²) < 4.78 is 7.93. The Hall–Kier alpha value is -2.99. The summed E-state index contributed by atoms with van der Waals surface area (Å²) in [6.07, 6.45) is 0.560. The molecular formula is C22H16BrN3O3S. The van der Waals surface area contributed by atoms with Gasteiger partial charge in [-0.3, -0.25) is 9.36 Å². The van der Waals surface area contributed by atoms with Crippen LogP contribution >= 0.6 is 27.3 Å². The molecule has 2 heterocycles. The van der Waals surface area contributed by atoms with Crippen molar-refractivity contribution in [1.82, 2.24) is 9.55 Å². The van der Waals surface area contributed by atoms with Crippen LogP contribution in [-0.2, 0) is 6.54 Å². The lowest BCUT2D eigenvalue weighted by Gasteiger charge is -2.14. The molecule has 0 saturated heterocycles. The van der Waals surface area contributed by atoms with Crippen LogP contribution in [0.2, 0.25) is 0 Å². The third-order valence-corrected chi connectivity index (χ3v) is 5.96. The van der Waals surface area contributed by atoms with E-state index in [1.165, 1.54) is 22.2 Å². The van der Waals surface area contributed by atoms with Crippen LogP contribution < -0.4 is 10.3 Å². The summed E-state index contributed by atoms with van der Waals surface area (Å²) in [4.78, 5) is 18.1. The van der Waals surface area contributed by atoms with Gasteiger partial charge in [0.2, 0.25) is 0 Å². The summed E-state index contributed by atoms with van der Waals surface area (Å²) in [6, 6.07) is 16.4. The molecular weight excluding hydrogens is 466 g/mol. The molecule has 6 nitrogen and oxygen atoms in total. The fraction of sp³-hybridized carbons (Fsp3) is 0.136. The number of nitrogens with zero attached hydrogens (tertiary/aromatic N) is 3. The first-order valence-corrected chi connectivity index (χ1v) is 10.8. The summed E-state index contributed by atoms with van der Waals surface area (Å²) in [5, 5.41) is 21.7. The van der Waals surface area contributed by atoms with Crippen molar-refractivity contribution in [2.24, 2.45) is 0 Å². The van der Waals surface area contributed by atoms with Gasteiger partial charge < -0.3 is 9.84 Å². The number of rotatable bonds is 6. The Bertz CT molecular complexity index is 1270. The van der Waals surface area contributed by atoms with Crippen LogP contribution in [-0.4, -0.2) is 27.4 Å². The zero-order valence-corrected chi connectivity index (χ0v) is 18.1. The minimum Gasteiger partial charge on any atom is -0.491 e. The van der Waals surface area contributed by atoms with Gasteiger partial charge in [-0.1, -0.05) is 28.1 Å². The summed E-state index contributed by atoms with van der Waals surface area (Å²) in [7, 11) is 0. The molecule has 0 fully saturated rings. The molecule has 0 amide bonds. The van der Waals surface area contributed by atoms with Crippen LogP contribution in [0.25, 0.3) is 21.3 Å². The lowest BCUT2D eigenvalue weighted by molar-refractivity contribution is 0.0915. The minimum atomic E-state index is -0.896. The number of hydrogen-bond donors (Lipinski definition) is 1.